The maximum Gasteiger partial charge on any atom is 0.263 e. The monoisotopic (exact) mass is 362 g/mol. The van der Waals surface area contributed by atoms with Gasteiger partial charge in [0.2, 0.25) is 5.91 Å². The molecule has 0 radical (unpaired) electrons. The maximum absolute atomic E-state index is 12.5. The van der Waals surface area contributed by atoms with E-state index >= 15 is 0 Å². The molecule has 2 aromatic rings. The highest BCUT2D eigenvalue weighted by Gasteiger charge is 2.27. The van der Waals surface area contributed by atoms with E-state index in [4.69, 9.17) is 11.6 Å². The Bertz CT molecular complexity index is 768. The van der Waals surface area contributed by atoms with Gasteiger partial charge in [0.15, 0.2) is 0 Å². The van der Waals surface area contributed by atoms with Crippen LogP contribution in [-0.2, 0) is 17.6 Å². The van der Waals surface area contributed by atoms with Gasteiger partial charge in [-0.1, -0.05) is 11.6 Å². The van der Waals surface area contributed by atoms with Crippen molar-refractivity contribution in [1.82, 2.24) is 4.90 Å². The van der Waals surface area contributed by atoms with Crippen LogP contribution in [0.1, 0.15) is 26.5 Å². The predicted octanol–water partition coefficient (Wildman–Crippen LogP) is 3.85. The second kappa shape index (κ2) is 6.95. The highest BCUT2D eigenvalue weighted by atomic mass is 35.5. The molecule has 1 aromatic heterocycles. The molecule has 1 heterocycles. The second-order valence-corrected chi connectivity index (χ2v) is 7.77. The summed E-state index contributed by atoms with van der Waals surface area (Å²) in [6, 6.07) is 9.06. The second-order valence-electron chi connectivity index (χ2n) is 6.19. The van der Waals surface area contributed by atoms with Crippen LogP contribution in [0.15, 0.2) is 30.3 Å². The molecule has 1 aliphatic carbocycles. The number of hydrogen-bond donors (Lipinski definition) is 1. The van der Waals surface area contributed by atoms with Crippen LogP contribution in [-0.4, -0.2) is 30.8 Å². The largest absolute Gasteiger partial charge is 0.344 e. The van der Waals surface area contributed by atoms with E-state index in [0.29, 0.717) is 11.4 Å². The molecule has 1 aromatic carbocycles. The molecule has 1 N–H and O–H groups in total. The summed E-state index contributed by atoms with van der Waals surface area (Å²) in [6.45, 7) is 0. The summed E-state index contributed by atoms with van der Waals surface area (Å²) in [6.07, 6.45) is 2.34. The number of halogens is 1. The number of anilines is 1. The average molecular weight is 363 g/mol. The van der Waals surface area contributed by atoms with E-state index in [0.717, 1.165) is 29.0 Å². The third-order valence-electron chi connectivity index (χ3n) is 4.18. The number of thiophene rings is 1. The highest BCUT2D eigenvalue weighted by molar-refractivity contribution is 7.14. The zero-order chi connectivity index (χ0) is 17.3. The quantitative estimate of drug-likeness (QED) is 0.901. The molecule has 0 fully saturated rings. The Morgan fingerprint density at radius 3 is 2.62 bits per heavy atom. The minimum Gasteiger partial charge on any atom is -0.344 e. The Labute approximate surface area is 150 Å². The molecular formula is C18H19ClN2O2S. The molecule has 24 heavy (non-hydrogen) atoms. The summed E-state index contributed by atoms with van der Waals surface area (Å²) in [4.78, 5) is 28.2. The van der Waals surface area contributed by atoms with Crippen molar-refractivity contribution in [2.24, 2.45) is 5.92 Å². The van der Waals surface area contributed by atoms with Gasteiger partial charge in [0.05, 0.1) is 4.88 Å². The number of benzene rings is 1. The normalized spacial score (nSPS) is 16.4. The van der Waals surface area contributed by atoms with E-state index in [1.807, 2.05) is 6.07 Å². The summed E-state index contributed by atoms with van der Waals surface area (Å²) >= 11 is 7.41. The standard InChI is InChI=1S/C18H19ClN2O2S/c1-21(2)18(23)16-10-12-9-11(3-8-15(12)24-16)17(22)20-14-6-4-13(19)5-7-14/h4-7,10-11H,3,8-9H2,1-2H3,(H,20,22). The van der Waals surface area contributed by atoms with Gasteiger partial charge in [-0.3, -0.25) is 9.59 Å². The van der Waals surface area contributed by atoms with Crippen LogP contribution in [0.4, 0.5) is 5.69 Å². The van der Waals surface area contributed by atoms with Gasteiger partial charge >= 0.3 is 0 Å². The van der Waals surface area contributed by atoms with Crippen LogP contribution >= 0.6 is 22.9 Å². The smallest absolute Gasteiger partial charge is 0.263 e. The van der Waals surface area contributed by atoms with Crippen molar-refractivity contribution in [1.29, 1.82) is 0 Å². The molecule has 4 nitrogen and oxygen atoms in total. The minimum absolute atomic E-state index is 0.0228. The molecule has 0 saturated heterocycles. The number of carbonyl (C=O) groups is 2. The average Bonchev–Trinajstić information content (AvgIpc) is 2.99. The van der Waals surface area contributed by atoms with Gasteiger partial charge in [0.1, 0.15) is 0 Å². The van der Waals surface area contributed by atoms with Gasteiger partial charge in [-0.2, -0.15) is 0 Å². The number of nitrogens with one attached hydrogen (secondary N) is 1. The van der Waals surface area contributed by atoms with E-state index in [-0.39, 0.29) is 17.7 Å². The summed E-state index contributed by atoms with van der Waals surface area (Å²) in [5.41, 5.74) is 1.89. The van der Waals surface area contributed by atoms with Crippen LogP contribution in [0.25, 0.3) is 0 Å². The fourth-order valence-electron chi connectivity index (χ4n) is 2.85. The molecule has 1 aliphatic rings. The zero-order valence-electron chi connectivity index (χ0n) is 13.6. The molecule has 6 heteroatoms. The van der Waals surface area contributed by atoms with E-state index < -0.39 is 0 Å². The number of amides is 2. The maximum atomic E-state index is 12.5. The Hall–Kier alpha value is -1.85. The number of rotatable bonds is 3. The molecule has 0 spiro atoms. The van der Waals surface area contributed by atoms with Crippen LogP contribution in [0.2, 0.25) is 5.02 Å². The SMILES string of the molecule is CN(C)C(=O)c1cc2c(s1)CCC(C(=O)Nc1ccc(Cl)cc1)C2. The van der Waals surface area contributed by atoms with E-state index in [1.54, 1.807) is 54.6 Å². The van der Waals surface area contributed by atoms with Crippen molar-refractivity contribution in [3.8, 4) is 0 Å². The van der Waals surface area contributed by atoms with Crippen LogP contribution < -0.4 is 5.32 Å². The molecular weight excluding hydrogens is 344 g/mol. The minimum atomic E-state index is -0.0647. The summed E-state index contributed by atoms with van der Waals surface area (Å²) < 4.78 is 0. The first kappa shape index (κ1) is 17.0. The van der Waals surface area contributed by atoms with Crippen molar-refractivity contribution in [3.05, 3.63) is 50.7 Å². The number of fused-ring (bicyclic) bond motifs is 1. The fraction of sp³-hybridized carbons (Fsp3) is 0.333. The van der Waals surface area contributed by atoms with Crippen molar-refractivity contribution < 1.29 is 9.59 Å². The van der Waals surface area contributed by atoms with Gasteiger partial charge in [-0.05, 0) is 55.2 Å². The molecule has 0 aliphatic heterocycles. The first-order valence-electron chi connectivity index (χ1n) is 7.83. The summed E-state index contributed by atoms with van der Waals surface area (Å²) in [5, 5.41) is 3.59. The lowest BCUT2D eigenvalue weighted by Crippen LogP contribution is -2.27. The lowest BCUT2D eigenvalue weighted by molar-refractivity contribution is -0.120. The number of carbonyl (C=O) groups excluding carboxylic acids is 2. The molecule has 3 rings (SSSR count). The predicted molar refractivity (Wildman–Crippen MR) is 97.9 cm³/mol. The summed E-state index contributed by atoms with van der Waals surface area (Å²) in [7, 11) is 3.51. The van der Waals surface area contributed by atoms with Crippen molar-refractivity contribution in [3.63, 3.8) is 0 Å². The van der Waals surface area contributed by atoms with E-state index in [2.05, 4.69) is 5.32 Å². The van der Waals surface area contributed by atoms with Crippen molar-refractivity contribution in [2.75, 3.05) is 19.4 Å². The van der Waals surface area contributed by atoms with Gasteiger partial charge in [-0.15, -0.1) is 11.3 Å². The van der Waals surface area contributed by atoms with Gasteiger partial charge in [0, 0.05) is 35.6 Å². The lowest BCUT2D eigenvalue weighted by Gasteiger charge is -2.21. The molecule has 0 saturated carbocycles. The first-order valence-corrected chi connectivity index (χ1v) is 9.03. The zero-order valence-corrected chi connectivity index (χ0v) is 15.2. The van der Waals surface area contributed by atoms with Crippen LogP contribution in [0.3, 0.4) is 0 Å². The molecule has 1 atom stereocenters. The topological polar surface area (TPSA) is 49.4 Å². The molecule has 126 valence electrons. The molecule has 2 amide bonds. The lowest BCUT2D eigenvalue weighted by atomic mass is 9.87. The van der Waals surface area contributed by atoms with E-state index in [1.165, 1.54) is 4.88 Å². The fourth-order valence-corrected chi connectivity index (χ4v) is 4.21. The molecule has 0 bridgehead atoms. The van der Waals surface area contributed by atoms with Gasteiger partial charge in [-0.25, -0.2) is 0 Å². The number of aryl methyl sites for hydroxylation is 1. The van der Waals surface area contributed by atoms with Crippen LogP contribution in [0, 0.1) is 5.92 Å². The van der Waals surface area contributed by atoms with Gasteiger partial charge < -0.3 is 10.2 Å². The van der Waals surface area contributed by atoms with E-state index in [9.17, 15) is 9.59 Å². The summed E-state index contributed by atoms with van der Waals surface area (Å²) in [5.74, 6) is -0.0173. The van der Waals surface area contributed by atoms with Crippen LogP contribution in [0.5, 0.6) is 0 Å². The Kier molecular flexibility index (Phi) is 4.92. The molecule has 1 unspecified atom stereocenters. The number of nitrogens with zero attached hydrogens (tertiary/aromatic N) is 1. The van der Waals surface area contributed by atoms with Gasteiger partial charge in [0.25, 0.3) is 5.91 Å². The van der Waals surface area contributed by atoms with Crippen molar-refractivity contribution >= 4 is 40.4 Å². The third kappa shape index (κ3) is 3.62. The Morgan fingerprint density at radius 2 is 1.96 bits per heavy atom. The number of hydrogen-bond acceptors (Lipinski definition) is 3. The Morgan fingerprint density at radius 1 is 1.25 bits per heavy atom. The Balaban J connectivity index is 1.69. The highest BCUT2D eigenvalue weighted by Crippen LogP contribution is 2.33. The first-order chi connectivity index (χ1) is 11.4. The van der Waals surface area contributed by atoms with Crippen molar-refractivity contribution in [2.45, 2.75) is 19.3 Å². The third-order valence-corrected chi connectivity index (χ3v) is 5.66.